The molecule has 0 unspecified atom stereocenters. The van der Waals surface area contributed by atoms with Crippen LogP contribution in [0.1, 0.15) is 19.3 Å². The van der Waals surface area contributed by atoms with Gasteiger partial charge in [0.1, 0.15) is 0 Å². The van der Waals surface area contributed by atoms with Crippen LogP contribution < -0.4 is 16.0 Å². The molecule has 0 aliphatic heterocycles. The number of benzene rings is 1. The quantitative estimate of drug-likeness (QED) is 0.546. The number of amidine groups is 1. The lowest BCUT2D eigenvalue weighted by molar-refractivity contribution is 0.246. The first-order chi connectivity index (χ1) is 8.66. The Labute approximate surface area is 106 Å². The molecule has 1 aliphatic carbocycles. The molecular weight excluding hydrogens is 228 g/mol. The zero-order chi connectivity index (χ0) is 13.0. The van der Waals surface area contributed by atoms with E-state index in [-0.39, 0.29) is 11.9 Å². The number of nitrogens with zero attached hydrogens (tertiary/aromatic N) is 1. The Kier molecular flexibility index (Phi) is 3.82. The van der Waals surface area contributed by atoms with Crippen LogP contribution in [0.25, 0.3) is 0 Å². The molecule has 2 rings (SSSR count). The van der Waals surface area contributed by atoms with Crippen LogP contribution in [-0.4, -0.2) is 24.5 Å². The lowest BCUT2D eigenvalue weighted by Crippen LogP contribution is -2.42. The molecule has 2 amide bonds. The number of carbonyl (C=O) groups excluding carboxylic acids is 1. The van der Waals surface area contributed by atoms with Crippen molar-refractivity contribution in [2.45, 2.75) is 25.3 Å². The Balaban J connectivity index is 2.05. The number of nitrogens with two attached hydrogens (primary N) is 1. The zero-order valence-corrected chi connectivity index (χ0v) is 10.2. The van der Waals surface area contributed by atoms with Crippen molar-refractivity contribution >= 4 is 17.6 Å². The van der Waals surface area contributed by atoms with Gasteiger partial charge in [-0.2, -0.15) is 0 Å². The van der Waals surface area contributed by atoms with E-state index >= 15 is 0 Å². The molecule has 1 aliphatic rings. The van der Waals surface area contributed by atoms with Gasteiger partial charge in [0.05, 0.1) is 5.84 Å². The molecule has 1 aromatic carbocycles. The van der Waals surface area contributed by atoms with Gasteiger partial charge in [-0.25, -0.2) is 4.79 Å². The monoisotopic (exact) mass is 246 g/mol. The summed E-state index contributed by atoms with van der Waals surface area (Å²) in [5, 5.41) is 10.2. The van der Waals surface area contributed by atoms with Crippen molar-refractivity contribution < 1.29 is 4.79 Å². The summed E-state index contributed by atoms with van der Waals surface area (Å²) < 4.78 is 0. The van der Waals surface area contributed by atoms with Gasteiger partial charge in [0.15, 0.2) is 0 Å². The number of nitrogens with one attached hydrogen (secondary N) is 2. The number of para-hydroxylation sites is 1. The molecule has 1 aromatic rings. The predicted octanol–water partition coefficient (Wildman–Crippen LogP) is 1.69. The Hall–Kier alpha value is -2.04. The summed E-state index contributed by atoms with van der Waals surface area (Å²) in [6, 6.07) is 9.66. The van der Waals surface area contributed by atoms with Crippen LogP contribution in [0.4, 0.5) is 10.5 Å². The number of hydrogen-bond donors (Lipinski definition) is 3. The van der Waals surface area contributed by atoms with Gasteiger partial charge < -0.3 is 11.1 Å². The number of urea groups is 1. The lowest BCUT2D eigenvalue weighted by atomic mass is 10.2. The second kappa shape index (κ2) is 5.53. The molecule has 0 bridgehead atoms. The van der Waals surface area contributed by atoms with Crippen molar-refractivity contribution in [2.24, 2.45) is 5.73 Å². The maximum Gasteiger partial charge on any atom is 0.322 e. The molecule has 0 heterocycles. The van der Waals surface area contributed by atoms with Crippen molar-refractivity contribution in [3.63, 3.8) is 0 Å². The number of hydrogen-bond acceptors (Lipinski definition) is 2. The number of rotatable bonds is 5. The molecular formula is C13H18N4O. The highest BCUT2D eigenvalue weighted by atomic mass is 16.2. The van der Waals surface area contributed by atoms with Crippen LogP contribution in [0.15, 0.2) is 30.3 Å². The van der Waals surface area contributed by atoms with E-state index < -0.39 is 0 Å². The minimum Gasteiger partial charge on any atom is -0.388 e. The molecule has 96 valence electrons. The normalized spacial score (nSPS) is 14.0. The van der Waals surface area contributed by atoms with E-state index in [1.807, 2.05) is 30.3 Å². The zero-order valence-electron chi connectivity index (χ0n) is 10.2. The second-order valence-corrected chi connectivity index (χ2v) is 4.49. The molecule has 0 spiro atoms. The molecule has 0 atom stereocenters. The minimum atomic E-state index is -0.107. The van der Waals surface area contributed by atoms with Crippen LogP contribution in [-0.2, 0) is 0 Å². The van der Waals surface area contributed by atoms with Crippen molar-refractivity contribution in [2.75, 3.05) is 11.4 Å². The summed E-state index contributed by atoms with van der Waals surface area (Å²) >= 11 is 0. The Morgan fingerprint density at radius 3 is 2.61 bits per heavy atom. The van der Waals surface area contributed by atoms with E-state index in [1.165, 1.54) is 0 Å². The topological polar surface area (TPSA) is 82.2 Å². The molecule has 1 saturated carbocycles. The fourth-order valence-electron chi connectivity index (χ4n) is 1.67. The van der Waals surface area contributed by atoms with Crippen molar-refractivity contribution in [3.05, 3.63) is 30.3 Å². The summed E-state index contributed by atoms with van der Waals surface area (Å²) in [6.07, 6.45) is 2.50. The standard InChI is InChI=1S/C13H18N4O/c14-12(15)8-9-17(11-4-2-1-3-5-11)13(18)16-10-6-7-10/h1-5,10H,6-9H2,(H3,14,15)(H,16,18). The van der Waals surface area contributed by atoms with Gasteiger partial charge in [0.25, 0.3) is 0 Å². The van der Waals surface area contributed by atoms with Crippen LogP contribution in [0.3, 0.4) is 0 Å². The first-order valence-corrected chi connectivity index (χ1v) is 6.13. The van der Waals surface area contributed by atoms with Crippen LogP contribution in [0.2, 0.25) is 0 Å². The summed E-state index contributed by atoms with van der Waals surface area (Å²) in [5.74, 6) is 0.0927. The molecule has 0 saturated heterocycles. The average molecular weight is 246 g/mol. The van der Waals surface area contributed by atoms with E-state index in [1.54, 1.807) is 4.90 Å². The lowest BCUT2D eigenvalue weighted by Gasteiger charge is -2.23. The summed E-state index contributed by atoms with van der Waals surface area (Å²) in [6.45, 7) is 0.428. The molecule has 18 heavy (non-hydrogen) atoms. The summed E-state index contributed by atoms with van der Waals surface area (Å²) in [7, 11) is 0. The van der Waals surface area contributed by atoms with Gasteiger partial charge in [0.2, 0.25) is 0 Å². The Bertz CT molecular complexity index is 428. The van der Waals surface area contributed by atoms with Crippen molar-refractivity contribution in [1.29, 1.82) is 5.41 Å². The Morgan fingerprint density at radius 2 is 2.06 bits per heavy atom. The smallest absolute Gasteiger partial charge is 0.322 e. The van der Waals surface area contributed by atoms with Gasteiger partial charge in [0, 0.05) is 24.7 Å². The number of anilines is 1. The third kappa shape index (κ3) is 3.48. The van der Waals surface area contributed by atoms with E-state index in [2.05, 4.69) is 5.32 Å². The summed E-state index contributed by atoms with van der Waals surface area (Å²) in [4.78, 5) is 13.7. The largest absolute Gasteiger partial charge is 0.388 e. The highest BCUT2D eigenvalue weighted by Crippen LogP contribution is 2.20. The van der Waals surface area contributed by atoms with E-state index in [9.17, 15) is 4.79 Å². The number of amides is 2. The predicted molar refractivity (Wildman–Crippen MR) is 71.9 cm³/mol. The maximum absolute atomic E-state index is 12.1. The molecule has 5 nitrogen and oxygen atoms in total. The Morgan fingerprint density at radius 1 is 1.39 bits per heavy atom. The van der Waals surface area contributed by atoms with Gasteiger partial charge in [-0.1, -0.05) is 18.2 Å². The van der Waals surface area contributed by atoms with E-state index in [0.717, 1.165) is 18.5 Å². The van der Waals surface area contributed by atoms with Gasteiger partial charge in [-0.3, -0.25) is 10.3 Å². The first kappa shape index (κ1) is 12.4. The fraction of sp³-hybridized carbons (Fsp3) is 0.385. The van der Waals surface area contributed by atoms with Crippen LogP contribution in [0, 0.1) is 5.41 Å². The first-order valence-electron chi connectivity index (χ1n) is 6.13. The molecule has 0 aromatic heterocycles. The molecule has 1 fully saturated rings. The van der Waals surface area contributed by atoms with Gasteiger partial charge in [-0.05, 0) is 25.0 Å². The van der Waals surface area contributed by atoms with E-state index in [0.29, 0.717) is 19.0 Å². The molecule has 4 N–H and O–H groups in total. The number of carbonyl (C=O) groups is 1. The molecule has 5 heteroatoms. The SMILES string of the molecule is N=C(N)CCN(C(=O)NC1CC1)c1ccccc1. The van der Waals surface area contributed by atoms with Gasteiger partial charge >= 0.3 is 6.03 Å². The minimum absolute atomic E-state index is 0.0927. The van der Waals surface area contributed by atoms with Crippen LogP contribution >= 0.6 is 0 Å². The van der Waals surface area contributed by atoms with Crippen molar-refractivity contribution in [1.82, 2.24) is 5.32 Å². The van der Waals surface area contributed by atoms with Crippen LogP contribution in [0.5, 0.6) is 0 Å². The van der Waals surface area contributed by atoms with E-state index in [4.69, 9.17) is 11.1 Å². The highest BCUT2D eigenvalue weighted by molar-refractivity contribution is 5.93. The maximum atomic E-state index is 12.1. The second-order valence-electron chi connectivity index (χ2n) is 4.49. The third-order valence-corrected chi connectivity index (χ3v) is 2.82. The molecule has 0 radical (unpaired) electrons. The summed E-state index contributed by atoms with van der Waals surface area (Å²) in [5.41, 5.74) is 6.19. The van der Waals surface area contributed by atoms with Crippen molar-refractivity contribution in [3.8, 4) is 0 Å². The average Bonchev–Trinajstić information content (AvgIpc) is 3.14. The highest BCUT2D eigenvalue weighted by Gasteiger charge is 2.26. The van der Waals surface area contributed by atoms with Gasteiger partial charge in [-0.15, -0.1) is 0 Å². The third-order valence-electron chi connectivity index (χ3n) is 2.82. The fourth-order valence-corrected chi connectivity index (χ4v) is 1.67.